The van der Waals surface area contributed by atoms with Crippen molar-refractivity contribution in [1.82, 2.24) is 0 Å². The summed E-state index contributed by atoms with van der Waals surface area (Å²) in [6, 6.07) is 14.9. The molecule has 0 spiro atoms. The van der Waals surface area contributed by atoms with Crippen LogP contribution in [0.3, 0.4) is 0 Å². The van der Waals surface area contributed by atoms with Gasteiger partial charge in [0.15, 0.2) is 0 Å². The monoisotopic (exact) mass is 298 g/mol. The predicted molar refractivity (Wildman–Crippen MR) is 94.0 cm³/mol. The van der Waals surface area contributed by atoms with Crippen LogP contribution in [0.1, 0.15) is 22.6 Å². The maximum absolute atomic E-state index is 6.05. The molecule has 0 fully saturated rings. The van der Waals surface area contributed by atoms with Crippen LogP contribution >= 0.6 is 0 Å². The van der Waals surface area contributed by atoms with E-state index in [-0.39, 0.29) is 5.92 Å². The molecule has 0 amide bonds. The highest BCUT2D eigenvalue weighted by atomic mass is 16.5. The lowest BCUT2D eigenvalue weighted by atomic mass is 9.90. The molecular weight excluding hydrogens is 272 g/mol. The van der Waals surface area contributed by atoms with Crippen LogP contribution in [0.4, 0.5) is 5.69 Å². The van der Waals surface area contributed by atoms with Crippen molar-refractivity contribution in [2.45, 2.75) is 19.3 Å². The SMILES string of the molecule is COc1ccc(C)cc1CC(CN)c1cccc(N(C)C)c1. The Labute approximate surface area is 133 Å². The number of nitrogens with zero attached hydrogens (tertiary/aromatic N) is 1. The minimum atomic E-state index is 0.288. The molecule has 0 aliphatic carbocycles. The first-order chi connectivity index (χ1) is 10.5. The summed E-state index contributed by atoms with van der Waals surface area (Å²) >= 11 is 0. The number of methoxy groups -OCH3 is 1. The average Bonchev–Trinajstić information content (AvgIpc) is 2.52. The van der Waals surface area contributed by atoms with E-state index in [1.54, 1.807) is 7.11 Å². The Morgan fingerprint density at radius 1 is 1.14 bits per heavy atom. The highest BCUT2D eigenvalue weighted by Crippen LogP contribution is 2.28. The quantitative estimate of drug-likeness (QED) is 0.889. The van der Waals surface area contributed by atoms with Gasteiger partial charge in [-0.25, -0.2) is 0 Å². The zero-order chi connectivity index (χ0) is 16.1. The zero-order valence-electron chi connectivity index (χ0n) is 14.0. The number of ether oxygens (including phenoxy) is 1. The van der Waals surface area contributed by atoms with Crippen LogP contribution in [0.15, 0.2) is 42.5 Å². The summed E-state index contributed by atoms with van der Waals surface area (Å²) in [6.07, 6.45) is 0.887. The van der Waals surface area contributed by atoms with Gasteiger partial charge in [0.1, 0.15) is 5.75 Å². The number of benzene rings is 2. The standard InChI is InChI=1S/C19H26N2O/c1-14-8-9-19(22-4)16(10-14)11-17(13-20)15-6-5-7-18(12-15)21(2)3/h5-10,12,17H,11,13,20H2,1-4H3. The molecule has 1 unspecified atom stereocenters. The molecule has 3 heteroatoms. The van der Waals surface area contributed by atoms with E-state index >= 15 is 0 Å². The molecule has 3 nitrogen and oxygen atoms in total. The van der Waals surface area contributed by atoms with Crippen molar-refractivity contribution in [3.05, 3.63) is 59.2 Å². The lowest BCUT2D eigenvalue weighted by molar-refractivity contribution is 0.408. The third kappa shape index (κ3) is 3.80. The lowest BCUT2D eigenvalue weighted by Crippen LogP contribution is -2.16. The van der Waals surface area contributed by atoms with E-state index in [1.165, 1.54) is 22.4 Å². The number of hydrogen-bond donors (Lipinski definition) is 1. The molecule has 0 saturated heterocycles. The number of anilines is 1. The third-order valence-corrected chi connectivity index (χ3v) is 4.04. The lowest BCUT2D eigenvalue weighted by Gasteiger charge is -2.20. The molecule has 22 heavy (non-hydrogen) atoms. The van der Waals surface area contributed by atoms with Crippen LogP contribution in [0.25, 0.3) is 0 Å². The highest BCUT2D eigenvalue weighted by Gasteiger charge is 2.14. The Morgan fingerprint density at radius 2 is 1.91 bits per heavy atom. The van der Waals surface area contributed by atoms with Crippen molar-refractivity contribution in [3.63, 3.8) is 0 Å². The average molecular weight is 298 g/mol. The fraction of sp³-hybridized carbons (Fsp3) is 0.368. The molecule has 2 aromatic carbocycles. The van der Waals surface area contributed by atoms with Crippen LogP contribution in [0.5, 0.6) is 5.75 Å². The van der Waals surface area contributed by atoms with Crippen LogP contribution in [0.2, 0.25) is 0 Å². The molecule has 2 aromatic rings. The number of aryl methyl sites for hydroxylation is 1. The summed E-state index contributed by atoms with van der Waals surface area (Å²) in [5, 5.41) is 0. The molecule has 0 aromatic heterocycles. The topological polar surface area (TPSA) is 38.5 Å². The Hall–Kier alpha value is -2.00. The summed E-state index contributed by atoms with van der Waals surface area (Å²) < 4.78 is 5.49. The van der Waals surface area contributed by atoms with Gasteiger partial charge in [-0.2, -0.15) is 0 Å². The van der Waals surface area contributed by atoms with Crippen LogP contribution in [-0.4, -0.2) is 27.7 Å². The molecule has 0 aliphatic rings. The van der Waals surface area contributed by atoms with Gasteiger partial charge in [-0.15, -0.1) is 0 Å². The van der Waals surface area contributed by atoms with Gasteiger partial charge in [-0.3, -0.25) is 0 Å². The van der Waals surface area contributed by atoms with E-state index in [0.29, 0.717) is 6.54 Å². The summed E-state index contributed by atoms with van der Waals surface area (Å²) in [5.41, 5.74) is 11.0. The van der Waals surface area contributed by atoms with Crippen LogP contribution in [0, 0.1) is 6.92 Å². The zero-order valence-corrected chi connectivity index (χ0v) is 14.0. The summed E-state index contributed by atoms with van der Waals surface area (Å²) in [5.74, 6) is 1.23. The first-order valence-electron chi connectivity index (χ1n) is 7.66. The van der Waals surface area contributed by atoms with Gasteiger partial charge in [0, 0.05) is 25.7 Å². The van der Waals surface area contributed by atoms with Gasteiger partial charge in [0.05, 0.1) is 7.11 Å². The first kappa shape index (κ1) is 16.4. The molecule has 118 valence electrons. The fourth-order valence-electron chi connectivity index (χ4n) is 2.73. The van der Waals surface area contributed by atoms with E-state index in [1.807, 2.05) is 6.07 Å². The summed E-state index contributed by atoms with van der Waals surface area (Å²) in [6.45, 7) is 2.72. The van der Waals surface area contributed by atoms with E-state index in [9.17, 15) is 0 Å². The maximum atomic E-state index is 6.05. The number of hydrogen-bond acceptors (Lipinski definition) is 3. The Morgan fingerprint density at radius 3 is 2.55 bits per heavy atom. The van der Waals surface area contributed by atoms with E-state index < -0.39 is 0 Å². The first-order valence-corrected chi connectivity index (χ1v) is 7.66. The van der Waals surface area contributed by atoms with Gasteiger partial charge in [0.2, 0.25) is 0 Å². The van der Waals surface area contributed by atoms with Gasteiger partial charge in [0.25, 0.3) is 0 Å². The smallest absolute Gasteiger partial charge is 0.122 e. The van der Waals surface area contributed by atoms with Crippen molar-refractivity contribution >= 4 is 5.69 Å². The summed E-state index contributed by atoms with van der Waals surface area (Å²) in [4.78, 5) is 2.12. The second-order valence-corrected chi connectivity index (χ2v) is 5.94. The molecule has 2 N–H and O–H groups in total. The van der Waals surface area contributed by atoms with Crippen molar-refractivity contribution in [2.75, 3.05) is 32.6 Å². The molecule has 0 bridgehead atoms. The second-order valence-electron chi connectivity index (χ2n) is 5.94. The molecule has 0 radical (unpaired) electrons. The molecule has 0 heterocycles. The molecule has 1 atom stereocenters. The molecule has 0 saturated carbocycles. The third-order valence-electron chi connectivity index (χ3n) is 4.04. The maximum Gasteiger partial charge on any atom is 0.122 e. The molecule has 2 rings (SSSR count). The van der Waals surface area contributed by atoms with Gasteiger partial charge < -0.3 is 15.4 Å². The van der Waals surface area contributed by atoms with Crippen molar-refractivity contribution in [3.8, 4) is 5.75 Å². The highest BCUT2D eigenvalue weighted by molar-refractivity contribution is 5.48. The van der Waals surface area contributed by atoms with E-state index in [0.717, 1.165) is 12.2 Å². The Balaban J connectivity index is 2.29. The van der Waals surface area contributed by atoms with Crippen LogP contribution in [-0.2, 0) is 6.42 Å². The minimum Gasteiger partial charge on any atom is -0.496 e. The van der Waals surface area contributed by atoms with Gasteiger partial charge >= 0.3 is 0 Å². The minimum absolute atomic E-state index is 0.288. The predicted octanol–water partition coefficient (Wildman–Crippen LogP) is 3.35. The van der Waals surface area contributed by atoms with E-state index in [4.69, 9.17) is 10.5 Å². The van der Waals surface area contributed by atoms with Crippen LogP contribution < -0.4 is 15.4 Å². The largest absolute Gasteiger partial charge is 0.496 e. The Bertz CT molecular complexity index is 623. The Kier molecular flexibility index (Phi) is 5.45. The molecular formula is C19H26N2O. The number of nitrogens with two attached hydrogens (primary N) is 1. The van der Waals surface area contributed by atoms with Crippen molar-refractivity contribution in [2.24, 2.45) is 5.73 Å². The normalized spacial score (nSPS) is 12.0. The fourth-order valence-corrected chi connectivity index (χ4v) is 2.73. The molecule has 0 aliphatic heterocycles. The van der Waals surface area contributed by atoms with Crippen molar-refractivity contribution < 1.29 is 4.74 Å². The van der Waals surface area contributed by atoms with Gasteiger partial charge in [-0.1, -0.05) is 29.8 Å². The van der Waals surface area contributed by atoms with E-state index in [2.05, 4.69) is 62.3 Å². The summed E-state index contributed by atoms with van der Waals surface area (Å²) in [7, 11) is 5.83. The second kappa shape index (κ2) is 7.32. The van der Waals surface area contributed by atoms with Crippen molar-refractivity contribution in [1.29, 1.82) is 0 Å². The van der Waals surface area contributed by atoms with Gasteiger partial charge in [-0.05, 0) is 49.2 Å². The number of rotatable bonds is 6.